The maximum atomic E-state index is 5.75. The molecule has 4 heteroatoms. The number of rotatable bonds is 2. The van der Waals surface area contributed by atoms with Gasteiger partial charge in [-0.05, 0) is 19.9 Å². The number of anilines is 1. The molecule has 2 heterocycles. The molecule has 0 atom stereocenters. The summed E-state index contributed by atoms with van der Waals surface area (Å²) in [6.07, 6.45) is 1.82. The molecule has 1 saturated heterocycles. The number of ether oxygens (including phenoxy) is 1. The summed E-state index contributed by atoms with van der Waals surface area (Å²) in [5.74, 6) is 0.998. The Kier molecular flexibility index (Phi) is 3.12. The second-order valence-electron chi connectivity index (χ2n) is 4.71. The number of aromatic nitrogens is 1. The van der Waals surface area contributed by atoms with Crippen LogP contribution in [0.4, 0.5) is 5.82 Å². The van der Waals surface area contributed by atoms with Crippen molar-refractivity contribution in [2.75, 3.05) is 24.7 Å². The van der Waals surface area contributed by atoms with Gasteiger partial charge < -0.3 is 15.4 Å². The fourth-order valence-corrected chi connectivity index (χ4v) is 2.08. The van der Waals surface area contributed by atoms with E-state index in [0.717, 1.165) is 31.1 Å². The van der Waals surface area contributed by atoms with E-state index in [-0.39, 0.29) is 5.54 Å². The quantitative estimate of drug-likeness (QED) is 0.814. The van der Waals surface area contributed by atoms with E-state index in [1.54, 1.807) is 0 Å². The molecule has 0 unspecified atom stereocenters. The Hall–Kier alpha value is -1.13. The van der Waals surface area contributed by atoms with E-state index in [0.29, 0.717) is 6.54 Å². The number of hydrogen-bond donors (Lipinski definition) is 1. The largest absolute Gasteiger partial charge is 0.377 e. The SMILES string of the molecule is CC1(C)COCCN1c1ncccc1CN. The van der Waals surface area contributed by atoms with Crippen molar-refractivity contribution in [2.45, 2.75) is 25.9 Å². The Morgan fingerprint density at radius 2 is 2.38 bits per heavy atom. The number of hydrogen-bond acceptors (Lipinski definition) is 4. The zero-order valence-corrected chi connectivity index (χ0v) is 9.94. The van der Waals surface area contributed by atoms with Crippen molar-refractivity contribution in [3.63, 3.8) is 0 Å². The molecule has 1 aromatic rings. The highest BCUT2D eigenvalue weighted by Crippen LogP contribution is 2.27. The Bertz CT molecular complexity index is 365. The van der Waals surface area contributed by atoms with E-state index in [1.165, 1.54) is 0 Å². The van der Waals surface area contributed by atoms with E-state index < -0.39 is 0 Å². The lowest BCUT2D eigenvalue weighted by molar-refractivity contribution is 0.0638. The first-order chi connectivity index (χ1) is 7.65. The number of nitrogens with two attached hydrogens (primary N) is 1. The molecular formula is C12H19N3O. The molecule has 0 aromatic carbocycles. The van der Waals surface area contributed by atoms with Crippen LogP contribution in [-0.2, 0) is 11.3 Å². The molecule has 1 aromatic heterocycles. The van der Waals surface area contributed by atoms with Gasteiger partial charge >= 0.3 is 0 Å². The first-order valence-electron chi connectivity index (χ1n) is 5.64. The lowest BCUT2D eigenvalue weighted by Gasteiger charge is -2.43. The third kappa shape index (κ3) is 2.03. The van der Waals surface area contributed by atoms with Crippen LogP contribution in [0.3, 0.4) is 0 Å². The maximum Gasteiger partial charge on any atom is 0.133 e. The molecule has 0 spiro atoms. The highest BCUT2D eigenvalue weighted by atomic mass is 16.5. The monoisotopic (exact) mass is 221 g/mol. The summed E-state index contributed by atoms with van der Waals surface area (Å²) in [6.45, 7) is 7.22. The van der Waals surface area contributed by atoms with Gasteiger partial charge in [0.2, 0.25) is 0 Å². The molecule has 1 fully saturated rings. The molecule has 0 aliphatic carbocycles. The second-order valence-corrected chi connectivity index (χ2v) is 4.71. The number of nitrogens with zero attached hydrogens (tertiary/aromatic N) is 2. The van der Waals surface area contributed by atoms with Crippen molar-refractivity contribution in [1.29, 1.82) is 0 Å². The Balaban J connectivity index is 2.34. The molecule has 88 valence electrons. The van der Waals surface area contributed by atoms with Gasteiger partial charge in [-0.2, -0.15) is 0 Å². The second kappa shape index (κ2) is 4.39. The van der Waals surface area contributed by atoms with Gasteiger partial charge in [0.1, 0.15) is 5.82 Å². The van der Waals surface area contributed by atoms with Gasteiger partial charge in [-0.15, -0.1) is 0 Å². The number of morpholine rings is 1. The predicted octanol–water partition coefficient (Wildman–Crippen LogP) is 1.16. The molecule has 0 saturated carbocycles. The molecule has 16 heavy (non-hydrogen) atoms. The van der Waals surface area contributed by atoms with Gasteiger partial charge in [-0.1, -0.05) is 6.07 Å². The van der Waals surface area contributed by atoms with Crippen LogP contribution in [0.25, 0.3) is 0 Å². The maximum absolute atomic E-state index is 5.75. The third-order valence-electron chi connectivity index (χ3n) is 2.99. The summed E-state index contributed by atoms with van der Waals surface area (Å²) in [5.41, 5.74) is 6.83. The van der Waals surface area contributed by atoms with Gasteiger partial charge in [-0.3, -0.25) is 0 Å². The van der Waals surface area contributed by atoms with Crippen LogP contribution in [-0.4, -0.2) is 30.3 Å². The fourth-order valence-electron chi connectivity index (χ4n) is 2.08. The molecule has 4 nitrogen and oxygen atoms in total. The molecule has 2 rings (SSSR count). The van der Waals surface area contributed by atoms with Gasteiger partial charge in [0, 0.05) is 24.8 Å². The van der Waals surface area contributed by atoms with Gasteiger partial charge in [0.25, 0.3) is 0 Å². The van der Waals surface area contributed by atoms with E-state index in [1.807, 2.05) is 18.3 Å². The van der Waals surface area contributed by atoms with Crippen LogP contribution in [0.5, 0.6) is 0 Å². The van der Waals surface area contributed by atoms with E-state index in [2.05, 4.69) is 23.7 Å². The summed E-state index contributed by atoms with van der Waals surface area (Å²) >= 11 is 0. The lowest BCUT2D eigenvalue weighted by atomic mass is 10.0. The average molecular weight is 221 g/mol. The summed E-state index contributed by atoms with van der Waals surface area (Å²) in [4.78, 5) is 6.75. The van der Waals surface area contributed by atoms with Gasteiger partial charge in [0.15, 0.2) is 0 Å². The number of pyridine rings is 1. The zero-order valence-electron chi connectivity index (χ0n) is 9.94. The van der Waals surface area contributed by atoms with Crippen molar-refractivity contribution >= 4 is 5.82 Å². The average Bonchev–Trinajstić information content (AvgIpc) is 2.28. The summed E-state index contributed by atoms with van der Waals surface area (Å²) in [6, 6.07) is 3.97. The van der Waals surface area contributed by atoms with Gasteiger partial charge in [-0.25, -0.2) is 4.98 Å². The van der Waals surface area contributed by atoms with Crippen molar-refractivity contribution in [3.8, 4) is 0 Å². The van der Waals surface area contributed by atoms with E-state index in [4.69, 9.17) is 10.5 Å². The summed E-state index contributed by atoms with van der Waals surface area (Å²) in [7, 11) is 0. The Morgan fingerprint density at radius 3 is 3.06 bits per heavy atom. The van der Waals surface area contributed by atoms with Crippen molar-refractivity contribution in [1.82, 2.24) is 4.98 Å². The van der Waals surface area contributed by atoms with Crippen molar-refractivity contribution < 1.29 is 4.74 Å². The normalized spacial score (nSPS) is 19.8. The minimum atomic E-state index is -0.0173. The molecule has 0 amide bonds. The summed E-state index contributed by atoms with van der Waals surface area (Å²) in [5, 5.41) is 0. The smallest absolute Gasteiger partial charge is 0.133 e. The predicted molar refractivity (Wildman–Crippen MR) is 64.4 cm³/mol. The van der Waals surface area contributed by atoms with E-state index in [9.17, 15) is 0 Å². The fraction of sp³-hybridized carbons (Fsp3) is 0.583. The Morgan fingerprint density at radius 1 is 1.56 bits per heavy atom. The highest BCUT2D eigenvalue weighted by Gasteiger charge is 2.32. The zero-order chi connectivity index (χ0) is 11.6. The van der Waals surface area contributed by atoms with Crippen LogP contribution < -0.4 is 10.6 Å². The minimum absolute atomic E-state index is 0.0173. The first-order valence-corrected chi connectivity index (χ1v) is 5.64. The van der Waals surface area contributed by atoms with Crippen LogP contribution in [0.1, 0.15) is 19.4 Å². The van der Waals surface area contributed by atoms with Crippen LogP contribution >= 0.6 is 0 Å². The van der Waals surface area contributed by atoms with E-state index >= 15 is 0 Å². The topological polar surface area (TPSA) is 51.4 Å². The molecular weight excluding hydrogens is 202 g/mol. The molecule has 0 radical (unpaired) electrons. The van der Waals surface area contributed by atoms with Gasteiger partial charge in [0.05, 0.1) is 18.8 Å². The van der Waals surface area contributed by atoms with Crippen LogP contribution in [0.15, 0.2) is 18.3 Å². The Labute approximate surface area is 96.4 Å². The van der Waals surface area contributed by atoms with Crippen LogP contribution in [0.2, 0.25) is 0 Å². The molecule has 1 aliphatic rings. The molecule has 0 bridgehead atoms. The first kappa shape index (κ1) is 11.4. The molecule has 2 N–H and O–H groups in total. The van der Waals surface area contributed by atoms with Crippen LogP contribution in [0, 0.1) is 0 Å². The van der Waals surface area contributed by atoms with Crippen molar-refractivity contribution in [3.05, 3.63) is 23.9 Å². The van der Waals surface area contributed by atoms with Crippen molar-refractivity contribution in [2.24, 2.45) is 5.73 Å². The third-order valence-corrected chi connectivity index (χ3v) is 2.99. The highest BCUT2D eigenvalue weighted by molar-refractivity contribution is 5.49. The standard InChI is InChI=1S/C12H19N3O/c1-12(2)9-16-7-6-15(12)11-10(8-13)4-3-5-14-11/h3-5H,6-9,13H2,1-2H3. The minimum Gasteiger partial charge on any atom is -0.377 e. The summed E-state index contributed by atoms with van der Waals surface area (Å²) < 4.78 is 5.51. The molecule has 1 aliphatic heterocycles. The lowest BCUT2D eigenvalue weighted by Crippen LogP contribution is -2.53.